The fraction of sp³-hybridized carbons (Fsp3) is 0.385. The van der Waals surface area contributed by atoms with Crippen LogP contribution in [0.3, 0.4) is 0 Å². The summed E-state index contributed by atoms with van der Waals surface area (Å²) >= 11 is 0. The van der Waals surface area contributed by atoms with Gasteiger partial charge in [-0.15, -0.1) is 0 Å². The van der Waals surface area contributed by atoms with Crippen molar-refractivity contribution in [3.8, 4) is 6.07 Å². The van der Waals surface area contributed by atoms with E-state index in [9.17, 15) is 13.2 Å². The Bertz CT molecular complexity index is 620. The summed E-state index contributed by atoms with van der Waals surface area (Å²) in [5, 5.41) is 17.3. The topological polar surface area (TPSA) is 98.5 Å². The van der Waals surface area contributed by atoms with E-state index in [1.165, 1.54) is 11.4 Å². The van der Waals surface area contributed by atoms with Crippen LogP contribution in [0.4, 0.5) is 0 Å². The van der Waals surface area contributed by atoms with E-state index >= 15 is 0 Å². The third-order valence-electron chi connectivity index (χ3n) is 2.73. The number of carboxylic acids is 1. The van der Waals surface area contributed by atoms with Gasteiger partial charge >= 0.3 is 5.97 Å². The molecule has 1 N–H and O–H groups in total. The van der Waals surface area contributed by atoms with Gasteiger partial charge in [-0.3, -0.25) is 4.79 Å². The molecule has 1 aromatic rings. The van der Waals surface area contributed by atoms with Gasteiger partial charge in [-0.05, 0) is 24.1 Å². The maximum atomic E-state index is 11.9. The molecule has 0 saturated heterocycles. The van der Waals surface area contributed by atoms with Crippen LogP contribution in [-0.2, 0) is 21.4 Å². The molecule has 0 saturated carbocycles. The summed E-state index contributed by atoms with van der Waals surface area (Å²) in [7, 11) is -2.05. The van der Waals surface area contributed by atoms with Crippen molar-refractivity contribution in [2.45, 2.75) is 19.4 Å². The van der Waals surface area contributed by atoms with Gasteiger partial charge in [-0.25, -0.2) is 12.7 Å². The van der Waals surface area contributed by atoms with Gasteiger partial charge < -0.3 is 5.11 Å². The Labute approximate surface area is 118 Å². The number of hydrogen-bond acceptors (Lipinski definition) is 4. The molecule has 0 aliphatic rings. The van der Waals surface area contributed by atoms with Crippen molar-refractivity contribution in [2.24, 2.45) is 0 Å². The second kappa shape index (κ2) is 7.03. The fourth-order valence-corrected chi connectivity index (χ4v) is 2.82. The number of carbonyl (C=O) groups is 1. The monoisotopic (exact) mass is 296 g/mol. The van der Waals surface area contributed by atoms with Gasteiger partial charge in [0.1, 0.15) is 0 Å². The van der Waals surface area contributed by atoms with E-state index in [1.807, 2.05) is 6.07 Å². The molecule has 0 atom stereocenters. The van der Waals surface area contributed by atoms with Crippen LogP contribution in [0.2, 0.25) is 0 Å². The molecule has 20 heavy (non-hydrogen) atoms. The molecule has 7 heteroatoms. The van der Waals surface area contributed by atoms with Crippen LogP contribution in [-0.4, -0.2) is 36.6 Å². The normalized spacial score (nSPS) is 11.2. The van der Waals surface area contributed by atoms with E-state index in [4.69, 9.17) is 10.4 Å². The Morgan fingerprint density at radius 2 is 2.15 bits per heavy atom. The average molecular weight is 296 g/mol. The molecule has 1 rings (SSSR count). The van der Waals surface area contributed by atoms with Gasteiger partial charge in [0.25, 0.3) is 0 Å². The first kappa shape index (κ1) is 16.1. The molecule has 0 fully saturated rings. The van der Waals surface area contributed by atoms with Crippen LogP contribution < -0.4 is 0 Å². The Morgan fingerprint density at radius 3 is 2.75 bits per heavy atom. The summed E-state index contributed by atoms with van der Waals surface area (Å²) in [6, 6.07) is 8.70. The number of nitrogens with zero attached hydrogens (tertiary/aromatic N) is 2. The first-order valence-electron chi connectivity index (χ1n) is 6.00. The van der Waals surface area contributed by atoms with Crippen molar-refractivity contribution in [1.82, 2.24) is 4.31 Å². The Morgan fingerprint density at radius 1 is 1.45 bits per heavy atom. The predicted octanol–water partition coefficient (Wildman–Crippen LogP) is 1.18. The van der Waals surface area contributed by atoms with E-state index in [1.54, 1.807) is 24.3 Å². The minimum atomic E-state index is -3.49. The number of rotatable bonds is 7. The highest BCUT2D eigenvalue weighted by atomic mass is 32.2. The zero-order chi connectivity index (χ0) is 15.2. The molecule has 0 bridgehead atoms. The number of benzene rings is 1. The number of aliphatic carboxylic acids is 1. The van der Waals surface area contributed by atoms with E-state index in [0.717, 1.165) is 0 Å². The second-order valence-electron chi connectivity index (χ2n) is 4.38. The van der Waals surface area contributed by atoms with Crippen LogP contribution in [0.5, 0.6) is 0 Å². The lowest BCUT2D eigenvalue weighted by Gasteiger charge is -2.17. The largest absolute Gasteiger partial charge is 0.481 e. The van der Waals surface area contributed by atoms with E-state index in [2.05, 4.69) is 0 Å². The summed E-state index contributed by atoms with van der Waals surface area (Å²) in [5.41, 5.74) is 1.19. The SMILES string of the molecule is CN(Cc1cccc(C#N)c1)S(=O)(=O)CCCC(=O)O. The lowest BCUT2D eigenvalue weighted by molar-refractivity contribution is -0.137. The van der Waals surface area contributed by atoms with Crippen LogP contribution in [0.25, 0.3) is 0 Å². The number of nitriles is 1. The Hall–Kier alpha value is -1.91. The standard InChI is InChI=1S/C13H16N2O4S/c1-15(20(18,19)7-3-6-13(16)17)10-12-5-2-4-11(8-12)9-14/h2,4-5,8H,3,6-7,10H2,1H3,(H,16,17). The molecule has 0 spiro atoms. The Kier molecular flexibility index (Phi) is 5.67. The quantitative estimate of drug-likeness (QED) is 0.814. The number of sulfonamides is 1. The first-order chi connectivity index (χ1) is 9.35. The highest BCUT2D eigenvalue weighted by Crippen LogP contribution is 2.11. The third kappa shape index (κ3) is 4.99. The van der Waals surface area contributed by atoms with Gasteiger partial charge in [0.05, 0.1) is 17.4 Å². The molecule has 108 valence electrons. The van der Waals surface area contributed by atoms with Crippen molar-refractivity contribution >= 4 is 16.0 Å². The van der Waals surface area contributed by atoms with Crippen molar-refractivity contribution in [1.29, 1.82) is 5.26 Å². The van der Waals surface area contributed by atoms with Crippen LogP contribution in [0.15, 0.2) is 24.3 Å². The molecular weight excluding hydrogens is 280 g/mol. The average Bonchev–Trinajstić information content (AvgIpc) is 2.38. The third-order valence-corrected chi connectivity index (χ3v) is 4.61. The summed E-state index contributed by atoms with van der Waals surface area (Å²) in [5.74, 6) is -1.21. The van der Waals surface area contributed by atoms with E-state index in [-0.39, 0.29) is 25.1 Å². The molecule has 0 aliphatic heterocycles. The highest BCUT2D eigenvalue weighted by Gasteiger charge is 2.18. The van der Waals surface area contributed by atoms with E-state index < -0.39 is 16.0 Å². The summed E-state index contributed by atoms with van der Waals surface area (Å²) in [4.78, 5) is 10.4. The minimum absolute atomic E-state index is 0.0836. The van der Waals surface area contributed by atoms with Crippen molar-refractivity contribution in [2.75, 3.05) is 12.8 Å². The zero-order valence-corrected chi connectivity index (χ0v) is 11.9. The fourth-order valence-electron chi connectivity index (χ4n) is 1.66. The van der Waals surface area contributed by atoms with Crippen LogP contribution in [0.1, 0.15) is 24.0 Å². The van der Waals surface area contributed by atoms with Crippen LogP contribution in [0, 0.1) is 11.3 Å². The second-order valence-corrected chi connectivity index (χ2v) is 6.58. The van der Waals surface area contributed by atoms with Gasteiger partial charge in [-0.2, -0.15) is 5.26 Å². The first-order valence-corrected chi connectivity index (χ1v) is 7.61. The highest BCUT2D eigenvalue weighted by molar-refractivity contribution is 7.89. The molecule has 0 unspecified atom stereocenters. The molecule has 1 aromatic carbocycles. The molecule has 6 nitrogen and oxygen atoms in total. The summed E-state index contributed by atoms with van der Waals surface area (Å²) in [6.45, 7) is 0.158. The molecule has 0 radical (unpaired) electrons. The zero-order valence-electron chi connectivity index (χ0n) is 11.1. The molecular formula is C13H16N2O4S. The van der Waals surface area contributed by atoms with Gasteiger partial charge in [0.15, 0.2) is 0 Å². The van der Waals surface area contributed by atoms with Gasteiger partial charge in [0, 0.05) is 20.0 Å². The van der Waals surface area contributed by atoms with Crippen molar-refractivity contribution < 1.29 is 18.3 Å². The predicted molar refractivity (Wildman–Crippen MR) is 73.3 cm³/mol. The van der Waals surface area contributed by atoms with E-state index in [0.29, 0.717) is 11.1 Å². The Balaban J connectivity index is 2.67. The molecule has 0 heterocycles. The van der Waals surface area contributed by atoms with Crippen molar-refractivity contribution in [3.05, 3.63) is 35.4 Å². The lowest BCUT2D eigenvalue weighted by atomic mass is 10.1. The smallest absolute Gasteiger partial charge is 0.303 e. The number of hydrogen-bond donors (Lipinski definition) is 1. The van der Waals surface area contributed by atoms with Gasteiger partial charge in [-0.1, -0.05) is 12.1 Å². The molecule has 0 aliphatic carbocycles. The summed E-state index contributed by atoms with van der Waals surface area (Å²) in [6.07, 6.45) is -0.0861. The molecule has 0 aromatic heterocycles. The molecule has 0 amide bonds. The van der Waals surface area contributed by atoms with Gasteiger partial charge in [0.2, 0.25) is 10.0 Å². The maximum Gasteiger partial charge on any atom is 0.303 e. The maximum absolute atomic E-state index is 11.9. The minimum Gasteiger partial charge on any atom is -0.481 e. The van der Waals surface area contributed by atoms with Crippen LogP contribution >= 0.6 is 0 Å². The summed E-state index contributed by atoms with van der Waals surface area (Å²) < 4.78 is 25.0. The number of carboxylic acid groups (broad SMARTS) is 1. The van der Waals surface area contributed by atoms with Crippen molar-refractivity contribution in [3.63, 3.8) is 0 Å². The lowest BCUT2D eigenvalue weighted by Crippen LogP contribution is -2.29.